The van der Waals surface area contributed by atoms with Crippen molar-refractivity contribution in [3.05, 3.63) is 29.3 Å². The Balaban J connectivity index is 2.05. The lowest BCUT2D eigenvalue weighted by Gasteiger charge is -2.38. The quantitative estimate of drug-likeness (QED) is 0.827. The SMILES string of the molecule is Cc1ccc2c(c1)C(C(=O)O)CC1(CCCC1)O2. The second-order valence-electron chi connectivity index (χ2n) is 5.63. The van der Waals surface area contributed by atoms with Crippen molar-refractivity contribution in [2.24, 2.45) is 0 Å². The van der Waals surface area contributed by atoms with Crippen LogP contribution in [0.25, 0.3) is 0 Å². The summed E-state index contributed by atoms with van der Waals surface area (Å²) in [5, 5.41) is 9.46. The van der Waals surface area contributed by atoms with Crippen molar-refractivity contribution in [1.82, 2.24) is 0 Å². The Hall–Kier alpha value is -1.51. The number of rotatable bonds is 1. The minimum absolute atomic E-state index is 0.217. The largest absolute Gasteiger partial charge is 0.487 e. The Morgan fingerprint density at radius 3 is 2.78 bits per heavy atom. The van der Waals surface area contributed by atoms with Gasteiger partial charge in [-0.15, -0.1) is 0 Å². The van der Waals surface area contributed by atoms with Crippen molar-refractivity contribution in [2.75, 3.05) is 0 Å². The van der Waals surface area contributed by atoms with E-state index in [9.17, 15) is 9.90 Å². The number of carbonyl (C=O) groups is 1. The molecule has 1 aromatic rings. The zero-order valence-electron chi connectivity index (χ0n) is 10.6. The average Bonchev–Trinajstić information content (AvgIpc) is 2.77. The minimum atomic E-state index is -0.726. The molecule has 1 aromatic carbocycles. The van der Waals surface area contributed by atoms with E-state index in [1.54, 1.807) is 0 Å². The summed E-state index contributed by atoms with van der Waals surface area (Å²) in [6.45, 7) is 1.99. The maximum absolute atomic E-state index is 11.5. The standard InChI is InChI=1S/C15H18O3/c1-10-4-5-13-11(8-10)12(14(16)17)9-15(18-13)6-2-3-7-15/h4-5,8,12H,2-3,6-7,9H2,1H3,(H,16,17). The lowest BCUT2D eigenvalue weighted by atomic mass is 9.81. The molecule has 1 atom stereocenters. The summed E-state index contributed by atoms with van der Waals surface area (Å²) in [6, 6.07) is 5.88. The molecule has 0 saturated heterocycles. The third-order valence-electron chi connectivity index (χ3n) is 4.26. The molecule has 0 aromatic heterocycles. The van der Waals surface area contributed by atoms with Crippen LogP contribution < -0.4 is 4.74 Å². The topological polar surface area (TPSA) is 46.5 Å². The first kappa shape index (κ1) is 11.6. The number of hydrogen-bond donors (Lipinski definition) is 1. The summed E-state index contributed by atoms with van der Waals surface area (Å²) in [7, 11) is 0. The second-order valence-corrected chi connectivity index (χ2v) is 5.63. The molecular formula is C15H18O3. The van der Waals surface area contributed by atoms with Crippen molar-refractivity contribution < 1.29 is 14.6 Å². The van der Waals surface area contributed by atoms with E-state index in [1.165, 1.54) is 0 Å². The average molecular weight is 246 g/mol. The van der Waals surface area contributed by atoms with Gasteiger partial charge in [-0.2, -0.15) is 0 Å². The highest BCUT2D eigenvalue weighted by atomic mass is 16.5. The molecule has 3 rings (SSSR count). The summed E-state index contributed by atoms with van der Waals surface area (Å²) in [5.41, 5.74) is 1.72. The molecule has 3 nitrogen and oxygen atoms in total. The lowest BCUT2D eigenvalue weighted by Crippen LogP contribution is -2.40. The van der Waals surface area contributed by atoms with Crippen LogP contribution in [0.5, 0.6) is 5.75 Å². The third kappa shape index (κ3) is 1.78. The van der Waals surface area contributed by atoms with Crippen molar-refractivity contribution in [1.29, 1.82) is 0 Å². The molecule has 2 aliphatic rings. The van der Waals surface area contributed by atoms with Gasteiger partial charge in [-0.3, -0.25) is 4.79 Å². The fourth-order valence-electron chi connectivity index (χ4n) is 3.34. The lowest BCUT2D eigenvalue weighted by molar-refractivity contribution is -0.141. The molecule has 3 heteroatoms. The van der Waals surface area contributed by atoms with Crippen molar-refractivity contribution >= 4 is 5.97 Å². The molecule has 1 heterocycles. The van der Waals surface area contributed by atoms with E-state index in [0.29, 0.717) is 6.42 Å². The number of carboxylic acids is 1. The van der Waals surface area contributed by atoms with Gasteiger partial charge in [-0.25, -0.2) is 0 Å². The molecule has 1 aliphatic heterocycles. The first-order chi connectivity index (χ1) is 8.60. The molecule has 1 saturated carbocycles. The Kier molecular flexibility index (Phi) is 2.58. The summed E-state index contributed by atoms with van der Waals surface area (Å²) in [4.78, 5) is 11.5. The molecule has 1 aliphatic carbocycles. The van der Waals surface area contributed by atoms with E-state index < -0.39 is 11.9 Å². The fourth-order valence-corrected chi connectivity index (χ4v) is 3.34. The molecule has 1 N–H and O–H groups in total. The molecule has 0 radical (unpaired) electrons. The van der Waals surface area contributed by atoms with E-state index in [0.717, 1.165) is 42.6 Å². The zero-order chi connectivity index (χ0) is 12.8. The molecule has 1 spiro atoms. The van der Waals surface area contributed by atoms with Crippen LogP contribution >= 0.6 is 0 Å². The molecule has 0 bridgehead atoms. The van der Waals surface area contributed by atoms with Gasteiger partial charge in [-0.05, 0) is 38.7 Å². The van der Waals surface area contributed by atoms with Crippen molar-refractivity contribution in [3.8, 4) is 5.75 Å². The predicted octanol–water partition coefficient (Wildman–Crippen LogP) is 3.26. The van der Waals surface area contributed by atoms with Crippen LogP contribution in [-0.2, 0) is 4.79 Å². The maximum Gasteiger partial charge on any atom is 0.311 e. The van der Waals surface area contributed by atoms with Crippen LogP contribution in [0.3, 0.4) is 0 Å². The zero-order valence-corrected chi connectivity index (χ0v) is 10.6. The van der Waals surface area contributed by atoms with Gasteiger partial charge in [0.05, 0.1) is 5.92 Å². The second kappa shape index (κ2) is 4.01. The number of hydrogen-bond acceptors (Lipinski definition) is 2. The third-order valence-corrected chi connectivity index (χ3v) is 4.26. The first-order valence-corrected chi connectivity index (χ1v) is 6.62. The van der Waals surface area contributed by atoms with E-state index in [-0.39, 0.29) is 5.60 Å². The number of benzene rings is 1. The van der Waals surface area contributed by atoms with E-state index in [1.807, 2.05) is 25.1 Å². The number of aliphatic carboxylic acids is 1. The minimum Gasteiger partial charge on any atom is -0.487 e. The molecule has 96 valence electrons. The first-order valence-electron chi connectivity index (χ1n) is 6.62. The van der Waals surface area contributed by atoms with Crippen molar-refractivity contribution in [2.45, 2.75) is 50.5 Å². The smallest absolute Gasteiger partial charge is 0.311 e. The van der Waals surface area contributed by atoms with Gasteiger partial charge in [0.2, 0.25) is 0 Å². The van der Waals surface area contributed by atoms with Gasteiger partial charge in [0.25, 0.3) is 0 Å². The van der Waals surface area contributed by atoms with Gasteiger partial charge in [-0.1, -0.05) is 17.7 Å². The van der Waals surface area contributed by atoms with Crippen LogP contribution in [0, 0.1) is 6.92 Å². The number of carboxylic acid groups (broad SMARTS) is 1. The van der Waals surface area contributed by atoms with Crippen LogP contribution in [0.4, 0.5) is 0 Å². The molecule has 0 amide bonds. The van der Waals surface area contributed by atoms with E-state index in [2.05, 4.69) is 0 Å². The van der Waals surface area contributed by atoms with E-state index >= 15 is 0 Å². The number of fused-ring (bicyclic) bond motifs is 1. The number of aryl methyl sites for hydroxylation is 1. The highest BCUT2D eigenvalue weighted by molar-refractivity contribution is 5.78. The highest BCUT2D eigenvalue weighted by Gasteiger charge is 2.45. The maximum atomic E-state index is 11.5. The molecule has 1 fully saturated rings. The van der Waals surface area contributed by atoms with Crippen LogP contribution in [0.15, 0.2) is 18.2 Å². The van der Waals surface area contributed by atoms with Crippen LogP contribution in [-0.4, -0.2) is 16.7 Å². The Morgan fingerprint density at radius 2 is 2.11 bits per heavy atom. The Morgan fingerprint density at radius 1 is 1.39 bits per heavy atom. The normalized spacial score (nSPS) is 24.6. The van der Waals surface area contributed by atoms with Gasteiger partial charge in [0.1, 0.15) is 11.4 Å². The fraction of sp³-hybridized carbons (Fsp3) is 0.533. The predicted molar refractivity (Wildman–Crippen MR) is 68.0 cm³/mol. The van der Waals surface area contributed by atoms with Crippen LogP contribution in [0.1, 0.15) is 49.1 Å². The molecular weight excluding hydrogens is 228 g/mol. The van der Waals surface area contributed by atoms with E-state index in [4.69, 9.17) is 4.74 Å². The Bertz CT molecular complexity index is 487. The van der Waals surface area contributed by atoms with Crippen LogP contribution in [0.2, 0.25) is 0 Å². The summed E-state index contributed by atoms with van der Waals surface area (Å²) < 4.78 is 6.15. The monoisotopic (exact) mass is 246 g/mol. The summed E-state index contributed by atoms with van der Waals surface area (Å²) in [6.07, 6.45) is 4.90. The molecule has 18 heavy (non-hydrogen) atoms. The number of ether oxygens (including phenoxy) is 1. The summed E-state index contributed by atoms with van der Waals surface area (Å²) in [5.74, 6) is -0.357. The highest BCUT2D eigenvalue weighted by Crippen LogP contribution is 2.48. The van der Waals surface area contributed by atoms with Gasteiger partial charge >= 0.3 is 5.97 Å². The molecule has 1 unspecified atom stereocenters. The van der Waals surface area contributed by atoms with Gasteiger partial charge in [0, 0.05) is 12.0 Å². The van der Waals surface area contributed by atoms with Crippen molar-refractivity contribution in [3.63, 3.8) is 0 Å². The summed E-state index contributed by atoms with van der Waals surface area (Å²) >= 11 is 0. The Labute approximate surface area is 107 Å². The van der Waals surface area contributed by atoms with Gasteiger partial charge in [0.15, 0.2) is 0 Å². The van der Waals surface area contributed by atoms with Gasteiger partial charge < -0.3 is 9.84 Å².